The van der Waals surface area contributed by atoms with Crippen LogP contribution < -0.4 is 51.1 Å². The molecule has 6 bridgehead atoms. The Labute approximate surface area is 773 Å². The number of nitrogens with one attached hydrogen (secondary N) is 3. The fourth-order valence-electron chi connectivity index (χ4n) is 16.0. The zero-order chi connectivity index (χ0) is 93.8. The number of aliphatic hydroxyl groups is 1. The Morgan fingerprint density at radius 1 is 0.451 bits per heavy atom. The van der Waals surface area contributed by atoms with Gasteiger partial charge in [-0.1, -0.05) is 22.7 Å². The molecule has 21 N–H and O–H groups in total. The van der Waals surface area contributed by atoms with E-state index < -0.39 is 217 Å². The Kier molecular flexibility index (Phi) is 26.0. The number of hydrogen-bond donors (Lipinski definition) is 16. The number of rotatable bonds is 6. The number of nitrogen functional groups attached to an aromatic ring is 6. The molecular formula is C62H71F3N28O27P6S7. The van der Waals surface area contributed by atoms with Gasteiger partial charge in [0.25, 0.3) is 16.7 Å². The van der Waals surface area contributed by atoms with Crippen LogP contribution in [0.5, 0.6) is 0 Å². The van der Waals surface area contributed by atoms with Gasteiger partial charge in [-0.05, 0) is 77.2 Å². The standard InChI is InChI=1S/C21H24FN9O9P2S3.C21H25N9O9P2S2.C20H22F2N10O9P2S2/c22-10-14-8(38-19(10)30-5-26-11-7(23)1-2-25-16(11)30)3-36-41(34,43)40-15-13(32)9(4-37-42(35,44)39-14)45-20(15)31-6-27-12-17(31)28-21(24)29-18(12)33;22-10-1-2-24-15-9(5-25-16(10)15)11-4-12-14(37-11)7-35-41(33,43)39-13-3-8(6-34-40(32,42)38-12)36-20(13)30-18-17(28-29-30)19(31)27-21(23)26-18;21-9-7-3-36-42(34,44)40-13-8(39-18(10(13)22)31-5-26-11-6(23)1-2-25-15(11)31)4-37-43(35,45)41-14(9)19(38-7)32-16-12(29-30-32)17(33)28-20(24)27-16/h1-2,5-6,8-10,13-15,19-20,32H,3-4H2,(H2,23,25)(H,34,43)(H,35,44)(H3,24,28,29,33);1-2,5,8-9,11-14,20H,3-4,6-7H2,(H2,22,24)(H,32,42)(H,33,43)(H3,23,26,27,31);1-2,5,7-10,13-14,18-19H,3-4H2,(H2,23,25)(H,34,44)(H,35,45)(H3,24,27,28,33)/t8-,9-,10+,13-,14-,15-,19-,20-,41?,42?;8-,9?,11+,12-,13+,14+,20+,40?,41?;7-,8-,9+,10+,13-,14-,18-,19-,42?,43?/m101/s1. The van der Waals surface area contributed by atoms with Crippen molar-refractivity contribution in [3.63, 3.8) is 0 Å². The number of imidazole rings is 3. The number of thiol groups is 1. The molecule has 11 aromatic rings. The van der Waals surface area contributed by atoms with E-state index in [4.69, 9.17) is 171 Å². The van der Waals surface area contributed by atoms with Crippen LogP contribution in [0.15, 0.2) is 75.1 Å². The largest absolute Gasteiger partial charge is 0.397 e. The van der Waals surface area contributed by atoms with E-state index >= 15 is 13.2 Å². The maximum absolute atomic E-state index is 16.0. The Morgan fingerprint density at radius 3 is 1.50 bits per heavy atom. The summed E-state index contributed by atoms with van der Waals surface area (Å²) in [5.74, 6) is -0.989. The van der Waals surface area contributed by atoms with Gasteiger partial charge in [-0.15, -0.1) is 22.0 Å². The second-order valence-corrected chi connectivity index (χ2v) is 48.7. The summed E-state index contributed by atoms with van der Waals surface area (Å²) in [5.41, 5.74) is 36.0. The van der Waals surface area contributed by atoms with Crippen molar-refractivity contribution in [2.75, 3.05) is 74.0 Å². The highest BCUT2D eigenvalue weighted by atomic mass is 32.7. The molecule has 0 radical (unpaired) electrons. The minimum atomic E-state index is -4.37. The average molecular weight is 2110 g/mol. The van der Waals surface area contributed by atoms with Crippen molar-refractivity contribution >= 4 is 226 Å². The van der Waals surface area contributed by atoms with Crippen LogP contribution in [0, 0.1) is 0 Å². The molecule has 9 saturated heterocycles. The van der Waals surface area contributed by atoms with Crippen molar-refractivity contribution in [1.29, 1.82) is 0 Å². The van der Waals surface area contributed by atoms with Crippen LogP contribution in [-0.4, -0.2) is 282 Å². The summed E-state index contributed by atoms with van der Waals surface area (Å²) < 4.78 is 165. The maximum atomic E-state index is 16.0. The fourth-order valence-corrected chi connectivity index (χ4v) is 26.4. The molecular weight excluding hydrogens is 2040 g/mol. The number of hydrogen-bond acceptors (Lipinski definition) is 48. The third-order valence-corrected chi connectivity index (χ3v) is 33.0. The highest BCUT2D eigenvalue weighted by molar-refractivity contribution is 8.44. The highest BCUT2D eigenvalue weighted by Crippen LogP contribution is 2.62. The van der Waals surface area contributed by atoms with E-state index in [1.54, 1.807) is 18.5 Å². The number of aliphatic hydroxyl groups excluding tert-OH is 1. The van der Waals surface area contributed by atoms with Crippen LogP contribution in [-0.2, 0) is 142 Å². The number of H-pyrrole nitrogens is 3. The number of alkyl halides is 3. The number of fused-ring (bicyclic) bond motifs is 15. The topological polar surface area (TPSA) is 755 Å². The lowest BCUT2D eigenvalue weighted by molar-refractivity contribution is -0.0639. The second kappa shape index (κ2) is 36.5. The van der Waals surface area contributed by atoms with E-state index in [0.717, 1.165) is 16.4 Å². The number of nitrogens with zero attached hydrogens (tertiary/aromatic N) is 19. The molecule has 71 heteroatoms. The van der Waals surface area contributed by atoms with Crippen LogP contribution in [0.1, 0.15) is 54.7 Å². The molecule has 10 aliphatic rings. The number of aliphatic imine (C=N–C) groups is 1. The molecule has 21 rings (SSSR count). The summed E-state index contributed by atoms with van der Waals surface area (Å²) in [7, 11) is 0. The van der Waals surface area contributed by atoms with E-state index in [0.29, 0.717) is 28.3 Å². The minimum Gasteiger partial charge on any atom is -0.397 e. The number of nitrogens with two attached hydrogens (primary N) is 6. The Balaban J connectivity index is 0.000000129. The van der Waals surface area contributed by atoms with Gasteiger partial charge in [0.15, 0.2) is 88.2 Å². The quantitative estimate of drug-likeness (QED) is 0.0819. The number of pyridine rings is 3. The van der Waals surface area contributed by atoms with Gasteiger partial charge in [0.2, 0.25) is 17.8 Å². The molecule has 11 aromatic heterocycles. The summed E-state index contributed by atoms with van der Waals surface area (Å²) in [4.78, 5) is 141. The van der Waals surface area contributed by atoms with E-state index in [-0.39, 0.29) is 106 Å². The van der Waals surface area contributed by atoms with Gasteiger partial charge < -0.3 is 119 Å². The second-order valence-electron chi connectivity index (χ2n) is 30.5. The predicted molar refractivity (Wildman–Crippen MR) is 475 cm³/mol. The lowest BCUT2D eigenvalue weighted by atomic mass is 9.96. The molecule has 0 aliphatic carbocycles. The number of aromatic amines is 3. The van der Waals surface area contributed by atoms with Gasteiger partial charge in [-0.2, -0.15) is 24.3 Å². The summed E-state index contributed by atoms with van der Waals surface area (Å²) in [6.07, 6.45) is -16.8. The van der Waals surface area contributed by atoms with Crippen molar-refractivity contribution in [2.45, 2.75) is 152 Å². The smallest absolute Gasteiger partial charge is 0.386 e. The van der Waals surface area contributed by atoms with E-state index in [2.05, 4.69) is 97.7 Å². The first-order chi connectivity index (χ1) is 63.1. The molecule has 55 nitrogen and oxygen atoms in total. The predicted octanol–water partition coefficient (Wildman–Crippen LogP) is 1.13. The third kappa shape index (κ3) is 19.0. The molecule has 0 saturated carbocycles. The number of ether oxygens (including phenoxy) is 5. The van der Waals surface area contributed by atoms with Crippen LogP contribution in [0.4, 0.5) is 53.8 Å². The summed E-state index contributed by atoms with van der Waals surface area (Å²) in [6, 6.07) is 4.71. The Morgan fingerprint density at radius 2 is 0.917 bits per heavy atom. The third-order valence-electron chi connectivity index (χ3n) is 22.0. The lowest BCUT2D eigenvalue weighted by Gasteiger charge is -2.28. The molecule has 10 aliphatic heterocycles. The van der Waals surface area contributed by atoms with E-state index in [1.807, 2.05) is 0 Å². The zero-order valence-corrected chi connectivity index (χ0v) is 77.8. The molecule has 133 heavy (non-hydrogen) atoms. The van der Waals surface area contributed by atoms with Crippen LogP contribution in [0.2, 0.25) is 0 Å². The highest BCUT2D eigenvalue weighted by Gasteiger charge is 2.58. The molecule has 0 amide bonds. The summed E-state index contributed by atoms with van der Waals surface area (Å²) in [5, 5.41) is 24.9. The SMILES string of the molecule is Nc1nc2c(ncn2[C@@H]2S[C@@H]3COP(=O)(S)O[C@H]4[C@H](F)[C@H](n5cnc6c(N)ccnc65)O[C@@H]4COP(O)(=S)O[C@@H]2[C@@H]3O)c(=O)[nH]1.Nc1nc2c(nnn2[C@@H]2O[C@@H]3COP(O)(=S)O[C@H]4C[C@H](C5C=Nc6c(N)ccnc65)O[C@@H]4COP(O)(=S)O[C@@H]2C3)c(=O)[nH]1.Nc1nc2c(nnn2[C@@H]2O[C@@H]3COP(O)(=S)O[C@H]4[C@H](F)[C@H](n5cnc6c(N)ccnc65)O[C@@H]4COP(O)(=S)O[C@@H]2[C@H]3F)c(=O)[nH]1. The van der Waals surface area contributed by atoms with Crippen molar-refractivity contribution in [2.24, 2.45) is 4.99 Å². The van der Waals surface area contributed by atoms with Gasteiger partial charge in [0, 0.05) is 37.6 Å². The van der Waals surface area contributed by atoms with E-state index in [1.165, 1.54) is 61.9 Å². The molecule has 9 fully saturated rings. The van der Waals surface area contributed by atoms with Gasteiger partial charge in [-0.25, -0.2) is 42.7 Å². The lowest BCUT2D eigenvalue weighted by Crippen LogP contribution is -2.35. The maximum Gasteiger partial charge on any atom is 0.386 e. The molecule has 29 atom stereocenters. The Hall–Kier alpha value is -7.18. The summed E-state index contributed by atoms with van der Waals surface area (Å²) in [6.45, 7) is -27.8. The van der Waals surface area contributed by atoms with Crippen molar-refractivity contribution in [3.05, 3.63) is 92.5 Å². The molecule has 714 valence electrons. The van der Waals surface area contributed by atoms with Crippen LogP contribution in [0.25, 0.3) is 55.8 Å². The Bertz CT molecular complexity index is 6670. The van der Waals surface area contributed by atoms with Gasteiger partial charge in [0.05, 0.1) is 117 Å². The van der Waals surface area contributed by atoms with Gasteiger partial charge in [-0.3, -0.25) is 75.6 Å². The van der Waals surface area contributed by atoms with Crippen molar-refractivity contribution < 1.29 is 125 Å². The monoisotopic (exact) mass is 2110 g/mol. The molecule has 7 unspecified atom stereocenters. The molecule has 0 spiro atoms. The number of halogens is 3. The first-order valence-electron chi connectivity index (χ1n) is 38.9. The fraction of sp³-hybridized carbons (Fsp3) is 0.500. The normalized spacial score (nSPS) is 37.7. The van der Waals surface area contributed by atoms with E-state index in [9.17, 15) is 48.5 Å². The van der Waals surface area contributed by atoms with Gasteiger partial charge in [0.1, 0.15) is 77.0 Å². The van der Waals surface area contributed by atoms with Gasteiger partial charge >= 0.3 is 40.4 Å². The summed E-state index contributed by atoms with van der Waals surface area (Å²) >= 11 is 31.3. The minimum absolute atomic E-state index is 0.0202. The molecule has 21 heterocycles. The first-order valence-corrected chi connectivity index (χ1v) is 55.5. The average Bonchev–Trinajstić information content (AvgIpc) is 1.57. The van der Waals surface area contributed by atoms with Crippen LogP contribution >= 0.6 is 64.4 Å². The first kappa shape index (κ1) is 94.8. The number of thioether (sulfide) groups is 1. The number of aromatic nitrogens is 21. The van der Waals surface area contributed by atoms with Crippen molar-refractivity contribution in [3.8, 4) is 0 Å². The molecule has 0 aromatic carbocycles. The zero-order valence-electron chi connectivity index (χ0n) is 66.6. The van der Waals surface area contributed by atoms with Crippen LogP contribution in [0.3, 0.4) is 0 Å². The van der Waals surface area contributed by atoms with Crippen molar-refractivity contribution in [1.82, 2.24) is 103 Å². The number of anilines is 6.